The predicted molar refractivity (Wildman–Crippen MR) is 78.1 cm³/mol. The maximum atomic E-state index is 5.84. The number of anilines is 2. The summed E-state index contributed by atoms with van der Waals surface area (Å²) in [4.78, 5) is 11.0. The molecule has 1 aromatic carbocycles. The van der Waals surface area contributed by atoms with E-state index in [0.29, 0.717) is 5.88 Å². The lowest BCUT2D eigenvalue weighted by molar-refractivity contribution is 0.755. The van der Waals surface area contributed by atoms with Gasteiger partial charge < -0.3 is 4.90 Å². The number of aromatic nitrogens is 2. The molecule has 0 amide bonds. The summed E-state index contributed by atoms with van der Waals surface area (Å²) in [6, 6.07) is 6.59. The molecule has 0 radical (unpaired) electrons. The van der Waals surface area contributed by atoms with Crippen LogP contribution in [0.5, 0.6) is 0 Å². The van der Waals surface area contributed by atoms with Gasteiger partial charge in [-0.15, -0.1) is 11.6 Å². The highest BCUT2D eigenvalue weighted by Crippen LogP contribution is 2.32. The first-order valence-corrected chi connectivity index (χ1v) is 7.05. The van der Waals surface area contributed by atoms with Crippen LogP contribution < -0.4 is 4.90 Å². The third-order valence-corrected chi connectivity index (χ3v) is 3.71. The molecule has 0 saturated carbocycles. The SMILES string of the molecule is Cc1ccc2c(c1)CCCN2c1cncc(CCl)n1. The van der Waals surface area contributed by atoms with Crippen molar-refractivity contribution in [2.24, 2.45) is 0 Å². The molecule has 3 nitrogen and oxygen atoms in total. The molecule has 0 unspecified atom stereocenters. The third kappa shape index (κ3) is 2.43. The maximum Gasteiger partial charge on any atom is 0.151 e. The summed E-state index contributed by atoms with van der Waals surface area (Å²) in [5.74, 6) is 1.29. The molecule has 98 valence electrons. The van der Waals surface area contributed by atoms with Crippen molar-refractivity contribution in [3.63, 3.8) is 0 Å². The summed E-state index contributed by atoms with van der Waals surface area (Å²) in [6.07, 6.45) is 5.81. The minimum absolute atomic E-state index is 0.398. The molecule has 1 aromatic heterocycles. The fourth-order valence-electron chi connectivity index (χ4n) is 2.55. The lowest BCUT2D eigenvalue weighted by Crippen LogP contribution is -2.25. The fraction of sp³-hybridized carbons (Fsp3) is 0.333. The van der Waals surface area contributed by atoms with E-state index in [1.165, 1.54) is 16.8 Å². The summed E-state index contributed by atoms with van der Waals surface area (Å²) in [7, 11) is 0. The molecule has 0 N–H and O–H groups in total. The van der Waals surface area contributed by atoms with Gasteiger partial charge >= 0.3 is 0 Å². The minimum atomic E-state index is 0.398. The van der Waals surface area contributed by atoms with Crippen molar-refractivity contribution in [1.82, 2.24) is 9.97 Å². The van der Waals surface area contributed by atoms with E-state index >= 15 is 0 Å². The summed E-state index contributed by atoms with van der Waals surface area (Å²) in [5.41, 5.74) is 4.77. The van der Waals surface area contributed by atoms with Crippen LogP contribution in [-0.2, 0) is 12.3 Å². The Morgan fingerprint density at radius 2 is 2.21 bits per heavy atom. The first kappa shape index (κ1) is 12.4. The molecule has 4 heteroatoms. The Balaban J connectivity index is 2.03. The number of nitrogens with zero attached hydrogens (tertiary/aromatic N) is 3. The van der Waals surface area contributed by atoms with Gasteiger partial charge in [-0.2, -0.15) is 0 Å². The highest BCUT2D eigenvalue weighted by atomic mass is 35.5. The van der Waals surface area contributed by atoms with Crippen LogP contribution in [0.3, 0.4) is 0 Å². The van der Waals surface area contributed by atoms with Crippen LogP contribution >= 0.6 is 11.6 Å². The third-order valence-electron chi connectivity index (χ3n) is 3.44. The number of rotatable bonds is 2. The zero-order chi connectivity index (χ0) is 13.2. The smallest absolute Gasteiger partial charge is 0.151 e. The normalized spacial score (nSPS) is 14.3. The average Bonchev–Trinajstić information content (AvgIpc) is 2.46. The van der Waals surface area contributed by atoms with Gasteiger partial charge in [0.1, 0.15) is 0 Å². The Labute approximate surface area is 118 Å². The van der Waals surface area contributed by atoms with Gasteiger partial charge in [-0.05, 0) is 31.4 Å². The molecule has 0 saturated heterocycles. The largest absolute Gasteiger partial charge is 0.325 e. The van der Waals surface area contributed by atoms with Gasteiger partial charge in [0, 0.05) is 18.4 Å². The van der Waals surface area contributed by atoms with E-state index in [9.17, 15) is 0 Å². The van der Waals surface area contributed by atoms with Crippen molar-refractivity contribution >= 4 is 23.1 Å². The van der Waals surface area contributed by atoms with Crippen molar-refractivity contribution in [3.8, 4) is 0 Å². The zero-order valence-corrected chi connectivity index (χ0v) is 11.7. The van der Waals surface area contributed by atoms with Crippen molar-refractivity contribution in [2.45, 2.75) is 25.6 Å². The number of alkyl halides is 1. The van der Waals surface area contributed by atoms with Gasteiger partial charge in [-0.25, -0.2) is 4.98 Å². The van der Waals surface area contributed by atoms with E-state index in [1.54, 1.807) is 6.20 Å². The monoisotopic (exact) mass is 273 g/mol. The molecule has 2 heterocycles. The lowest BCUT2D eigenvalue weighted by atomic mass is 10.00. The Bertz CT molecular complexity index is 598. The summed E-state index contributed by atoms with van der Waals surface area (Å²) in [6.45, 7) is 3.11. The minimum Gasteiger partial charge on any atom is -0.325 e. The van der Waals surface area contributed by atoms with Crippen LogP contribution in [0.25, 0.3) is 0 Å². The second-order valence-corrected chi connectivity index (χ2v) is 5.16. The Morgan fingerprint density at radius 1 is 1.32 bits per heavy atom. The lowest BCUT2D eigenvalue weighted by Gasteiger charge is -2.30. The standard InChI is InChI=1S/C15H16ClN3/c1-11-4-5-14-12(7-11)3-2-6-19(14)15-10-17-9-13(8-16)18-15/h4-5,7,9-10H,2-3,6,8H2,1H3. The van der Waals surface area contributed by atoms with E-state index in [2.05, 4.69) is 40.0 Å². The Kier molecular flexibility index (Phi) is 3.38. The van der Waals surface area contributed by atoms with Gasteiger partial charge in [0.05, 0.1) is 17.8 Å². The maximum absolute atomic E-state index is 5.84. The van der Waals surface area contributed by atoms with Gasteiger partial charge in [0.25, 0.3) is 0 Å². The first-order chi connectivity index (χ1) is 9.28. The zero-order valence-electron chi connectivity index (χ0n) is 10.9. The molecule has 1 aliphatic heterocycles. The van der Waals surface area contributed by atoms with Crippen LogP contribution in [0.4, 0.5) is 11.5 Å². The summed E-state index contributed by atoms with van der Waals surface area (Å²) < 4.78 is 0. The number of hydrogen-bond acceptors (Lipinski definition) is 3. The predicted octanol–water partition coefficient (Wildman–Crippen LogP) is 3.61. The van der Waals surface area contributed by atoms with Crippen LogP contribution in [0.1, 0.15) is 23.2 Å². The van der Waals surface area contributed by atoms with Crippen LogP contribution in [0.2, 0.25) is 0 Å². The average molecular weight is 274 g/mol. The topological polar surface area (TPSA) is 29.0 Å². The van der Waals surface area contributed by atoms with Crippen molar-refractivity contribution in [3.05, 3.63) is 47.4 Å². The highest BCUT2D eigenvalue weighted by Gasteiger charge is 2.19. The molecule has 0 spiro atoms. The van der Waals surface area contributed by atoms with Crippen molar-refractivity contribution < 1.29 is 0 Å². The Hall–Kier alpha value is -1.61. The van der Waals surface area contributed by atoms with Crippen LogP contribution in [0.15, 0.2) is 30.6 Å². The molecular weight excluding hydrogens is 258 g/mol. The molecule has 1 aliphatic rings. The number of fused-ring (bicyclic) bond motifs is 1. The highest BCUT2D eigenvalue weighted by molar-refractivity contribution is 6.16. The fourth-order valence-corrected chi connectivity index (χ4v) is 2.68. The molecule has 0 fully saturated rings. The van der Waals surface area contributed by atoms with Gasteiger partial charge in [0.15, 0.2) is 5.82 Å². The second-order valence-electron chi connectivity index (χ2n) is 4.89. The van der Waals surface area contributed by atoms with E-state index in [1.807, 2.05) is 6.20 Å². The number of hydrogen-bond donors (Lipinski definition) is 0. The molecule has 2 aromatic rings. The quantitative estimate of drug-likeness (QED) is 0.783. The van der Waals surface area contributed by atoms with Crippen LogP contribution in [-0.4, -0.2) is 16.5 Å². The number of benzene rings is 1. The van der Waals surface area contributed by atoms with Gasteiger partial charge in [0.2, 0.25) is 0 Å². The molecular formula is C15H16ClN3. The number of halogens is 1. The molecule has 0 bridgehead atoms. The first-order valence-electron chi connectivity index (χ1n) is 6.52. The Morgan fingerprint density at radius 3 is 3.05 bits per heavy atom. The van der Waals surface area contributed by atoms with E-state index in [4.69, 9.17) is 11.6 Å². The van der Waals surface area contributed by atoms with Crippen molar-refractivity contribution in [1.29, 1.82) is 0 Å². The molecule has 19 heavy (non-hydrogen) atoms. The summed E-state index contributed by atoms with van der Waals surface area (Å²) >= 11 is 5.84. The van der Waals surface area contributed by atoms with E-state index in [-0.39, 0.29) is 0 Å². The van der Waals surface area contributed by atoms with E-state index < -0.39 is 0 Å². The van der Waals surface area contributed by atoms with E-state index in [0.717, 1.165) is 30.9 Å². The molecule has 3 rings (SSSR count). The summed E-state index contributed by atoms with van der Waals surface area (Å²) in [5, 5.41) is 0. The van der Waals surface area contributed by atoms with Crippen molar-refractivity contribution in [2.75, 3.05) is 11.4 Å². The van der Waals surface area contributed by atoms with Gasteiger partial charge in [-0.1, -0.05) is 17.7 Å². The number of aryl methyl sites for hydroxylation is 2. The van der Waals surface area contributed by atoms with Crippen LogP contribution in [0, 0.1) is 6.92 Å². The molecule has 0 atom stereocenters. The second kappa shape index (κ2) is 5.17. The van der Waals surface area contributed by atoms with Gasteiger partial charge in [-0.3, -0.25) is 4.98 Å². The molecule has 0 aliphatic carbocycles.